The number of nitrogens with one attached hydrogen (secondary N) is 2. The zero-order valence-corrected chi connectivity index (χ0v) is 13.9. The van der Waals surface area contributed by atoms with Crippen molar-refractivity contribution in [2.45, 2.75) is 45.7 Å². The van der Waals surface area contributed by atoms with Gasteiger partial charge >= 0.3 is 0 Å². The lowest BCUT2D eigenvalue weighted by Crippen LogP contribution is -2.44. The molecule has 1 fully saturated rings. The minimum absolute atomic E-state index is 0.0539. The average Bonchev–Trinajstić information content (AvgIpc) is 2.47. The summed E-state index contributed by atoms with van der Waals surface area (Å²) in [6.07, 6.45) is 1.38. The lowest BCUT2D eigenvalue weighted by molar-refractivity contribution is -0.123. The van der Waals surface area contributed by atoms with Crippen molar-refractivity contribution in [2.24, 2.45) is 5.41 Å². The van der Waals surface area contributed by atoms with Gasteiger partial charge in [-0.3, -0.25) is 4.79 Å². The molecule has 22 heavy (non-hydrogen) atoms. The highest BCUT2D eigenvalue weighted by molar-refractivity contribution is 5.77. The third kappa shape index (κ3) is 5.78. The van der Waals surface area contributed by atoms with Crippen molar-refractivity contribution in [1.29, 1.82) is 0 Å². The molecule has 0 aliphatic carbocycles. The highest BCUT2D eigenvalue weighted by atomic mass is 16.5. The van der Waals surface area contributed by atoms with Crippen LogP contribution in [0, 0.1) is 5.41 Å². The number of carbonyl (C=O) groups excluding carboxylic acids is 1. The second-order valence-corrected chi connectivity index (χ2v) is 7.23. The highest BCUT2D eigenvalue weighted by Gasteiger charge is 2.23. The first-order valence-corrected chi connectivity index (χ1v) is 8.09. The second kappa shape index (κ2) is 7.75. The van der Waals surface area contributed by atoms with Gasteiger partial charge in [0, 0.05) is 19.0 Å². The molecule has 2 atom stereocenters. The van der Waals surface area contributed by atoms with Crippen LogP contribution >= 0.6 is 0 Å². The maximum atomic E-state index is 12.4. The van der Waals surface area contributed by atoms with Gasteiger partial charge in [-0.1, -0.05) is 51.1 Å². The smallest absolute Gasteiger partial charge is 0.222 e. The molecule has 4 nitrogen and oxygen atoms in total. The largest absolute Gasteiger partial charge is 0.378 e. The molecule has 0 radical (unpaired) electrons. The van der Waals surface area contributed by atoms with Crippen LogP contribution in [0.4, 0.5) is 0 Å². The Morgan fingerprint density at radius 1 is 1.36 bits per heavy atom. The Labute approximate surface area is 133 Å². The quantitative estimate of drug-likeness (QED) is 0.879. The maximum Gasteiger partial charge on any atom is 0.222 e. The van der Waals surface area contributed by atoms with Crippen LogP contribution in [0.2, 0.25) is 0 Å². The van der Waals surface area contributed by atoms with Crippen molar-refractivity contribution in [1.82, 2.24) is 10.6 Å². The Morgan fingerprint density at radius 3 is 2.68 bits per heavy atom. The van der Waals surface area contributed by atoms with Crippen molar-refractivity contribution < 1.29 is 9.53 Å². The van der Waals surface area contributed by atoms with Gasteiger partial charge in [-0.05, 0) is 17.4 Å². The van der Waals surface area contributed by atoms with Crippen molar-refractivity contribution >= 4 is 5.91 Å². The third-order valence-electron chi connectivity index (χ3n) is 3.78. The van der Waals surface area contributed by atoms with Crippen LogP contribution in [-0.2, 0) is 9.53 Å². The van der Waals surface area contributed by atoms with E-state index < -0.39 is 0 Å². The van der Waals surface area contributed by atoms with Crippen LogP contribution in [0.5, 0.6) is 0 Å². The number of hydrogen-bond acceptors (Lipinski definition) is 3. The third-order valence-corrected chi connectivity index (χ3v) is 3.78. The van der Waals surface area contributed by atoms with Gasteiger partial charge in [0.1, 0.15) is 0 Å². The normalized spacial score (nSPS) is 20.4. The summed E-state index contributed by atoms with van der Waals surface area (Å²) in [6.45, 7) is 8.77. The van der Waals surface area contributed by atoms with E-state index in [1.54, 1.807) is 0 Å². The molecule has 1 aliphatic rings. The SMILES string of the molecule is CC(C)(C)CC(NC(=O)CC1COCCN1)c1ccccc1. The van der Waals surface area contributed by atoms with E-state index in [0.29, 0.717) is 13.0 Å². The summed E-state index contributed by atoms with van der Waals surface area (Å²) in [5.41, 5.74) is 1.32. The van der Waals surface area contributed by atoms with Crippen molar-refractivity contribution in [3.63, 3.8) is 0 Å². The standard InChI is InChI=1S/C18H28N2O2/c1-18(2,3)12-16(14-7-5-4-6-8-14)20-17(21)11-15-13-22-10-9-19-15/h4-8,15-16,19H,9-13H2,1-3H3,(H,20,21). The Balaban J connectivity index is 1.97. The summed E-state index contributed by atoms with van der Waals surface area (Å²) in [6, 6.07) is 10.4. The van der Waals surface area contributed by atoms with E-state index in [0.717, 1.165) is 19.6 Å². The van der Waals surface area contributed by atoms with Crippen LogP contribution in [-0.4, -0.2) is 31.7 Å². The van der Waals surface area contributed by atoms with E-state index in [1.165, 1.54) is 5.56 Å². The van der Waals surface area contributed by atoms with E-state index in [2.05, 4.69) is 43.5 Å². The number of ether oxygens (including phenoxy) is 1. The molecule has 1 aliphatic heterocycles. The minimum Gasteiger partial charge on any atom is -0.378 e. The van der Waals surface area contributed by atoms with Gasteiger partial charge in [0.2, 0.25) is 5.91 Å². The van der Waals surface area contributed by atoms with Crippen LogP contribution in [0.3, 0.4) is 0 Å². The van der Waals surface area contributed by atoms with E-state index in [4.69, 9.17) is 4.74 Å². The van der Waals surface area contributed by atoms with Gasteiger partial charge in [0.15, 0.2) is 0 Å². The van der Waals surface area contributed by atoms with Crippen LogP contribution in [0.15, 0.2) is 30.3 Å². The average molecular weight is 304 g/mol. The van der Waals surface area contributed by atoms with Crippen molar-refractivity contribution in [3.8, 4) is 0 Å². The summed E-state index contributed by atoms with van der Waals surface area (Å²) in [5, 5.41) is 6.53. The fraction of sp³-hybridized carbons (Fsp3) is 0.611. The van der Waals surface area contributed by atoms with Gasteiger partial charge in [-0.2, -0.15) is 0 Å². The second-order valence-electron chi connectivity index (χ2n) is 7.23. The molecule has 1 amide bonds. The number of carbonyl (C=O) groups is 1. The Morgan fingerprint density at radius 2 is 2.09 bits per heavy atom. The predicted octanol–water partition coefficient (Wildman–Crippen LogP) is 2.66. The Hall–Kier alpha value is -1.39. The van der Waals surface area contributed by atoms with Gasteiger partial charge in [-0.25, -0.2) is 0 Å². The maximum absolute atomic E-state index is 12.4. The molecule has 1 saturated heterocycles. The summed E-state index contributed by atoms with van der Waals surface area (Å²) in [7, 11) is 0. The summed E-state index contributed by atoms with van der Waals surface area (Å²) >= 11 is 0. The summed E-state index contributed by atoms with van der Waals surface area (Å²) < 4.78 is 5.41. The number of hydrogen-bond donors (Lipinski definition) is 2. The first-order valence-electron chi connectivity index (χ1n) is 8.09. The van der Waals surface area contributed by atoms with E-state index in [9.17, 15) is 4.79 Å². The molecule has 1 aromatic carbocycles. The molecule has 2 unspecified atom stereocenters. The van der Waals surface area contributed by atoms with E-state index >= 15 is 0 Å². The van der Waals surface area contributed by atoms with E-state index in [1.807, 2.05) is 18.2 Å². The molecule has 0 bridgehead atoms. The lowest BCUT2D eigenvalue weighted by atomic mass is 9.85. The van der Waals surface area contributed by atoms with Gasteiger partial charge in [-0.15, -0.1) is 0 Å². The molecule has 0 saturated carbocycles. The molecule has 4 heteroatoms. The molecular formula is C18H28N2O2. The predicted molar refractivity (Wildman–Crippen MR) is 88.6 cm³/mol. The first-order chi connectivity index (χ1) is 10.4. The molecule has 2 N–H and O–H groups in total. The number of morpholine rings is 1. The molecule has 0 aromatic heterocycles. The first kappa shape index (κ1) is 17.0. The number of benzene rings is 1. The fourth-order valence-corrected chi connectivity index (χ4v) is 2.78. The lowest BCUT2D eigenvalue weighted by Gasteiger charge is -2.29. The topological polar surface area (TPSA) is 50.4 Å². The van der Waals surface area contributed by atoms with Crippen LogP contribution < -0.4 is 10.6 Å². The molecule has 2 rings (SSSR count). The highest BCUT2D eigenvalue weighted by Crippen LogP contribution is 2.29. The minimum atomic E-state index is 0.0539. The van der Waals surface area contributed by atoms with Crippen molar-refractivity contribution in [3.05, 3.63) is 35.9 Å². The number of amides is 1. The Bertz CT molecular complexity index is 462. The number of rotatable bonds is 5. The monoisotopic (exact) mass is 304 g/mol. The van der Waals surface area contributed by atoms with Crippen LogP contribution in [0.25, 0.3) is 0 Å². The molecule has 1 heterocycles. The van der Waals surface area contributed by atoms with Gasteiger partial charge in [0.25, 0.3) is 0 Å². The van der Waals surface area contributed by atoms with E-state index in [-0.39, 0.29) is 23.4 Å². The molecular weight excluding hydrogens is 276 g/mol. The van der Waals surface area contributed by atoms with Gasteiger partial charge < -0.3 is 15.4 Å². The molecule has 0 spiro atoms. The zero-order valence-electron chi connectivity index (χ0n) is 13.9. The fourth-order valence-electron chi connectivity index (χ4n) is 2.78. The van der Waals surface area contributed by atoms with Crippen molar-refractivity contribution in [2.75, 3.05) is 19.8 Å². The zero-order chi connectivity index (χ0) is 16.0. The Kier molecular flexibility index (Phi) is 5.98. The van der Waals surface area contributed by atoms with Gasteiger partial charge in [0.05, 0.1) is 19.3 Å². The van der Waals surface area contributed by atoms with Crippen LogP contribution in [0.1, 0.15) is 45.2 Å². The molecule has 1 aromatic rings. The summed E-state index contributed by atoms with van der Waals surface area (Å²) in [5.74, 6) is 0.0844. The summed E-state index contributed by atoms with van der Waals surface area (Å²) in [4.78, 5) is 12.4. The molecule has 122 valence electrons.